The van der Waals surface area contributed by atoms with Crippen LogP contribution < -0.4 is 10.1 Å². The predicted octanol–water partition coefficient (Wildman–Crippen LogP) is 3.18. The molecule has 0 fully saturated rings. The third kappa shape index (κ3) is 5.65. The van der Waals surface area contributed by atoms with Crippen molar-refractivity contribution in [3.63, 3.8) is 0 Å². The minimum Gasteiger partial charge on any atom is -0.491 e. The number of hydrogen-bond donors (Lipinski definition) is 1. The Morgan fingerprint density at radius 1 is 1.10 bits per heavy atom. The highest BCUT2D eigenvalue weighted by atomic mass is 16.5. The minimum atomic E-state index is 0.138. The molecule has 4 nitrogen and oxygen atoms in total. The van der Waals surface area contributed by atoms with Gasteiger partial charge in [-0.2, -0.15) is 0 Å². The van der Waals surface area contributed by atoms with Crippen molar-refractivity contribution < 1.29 is 14.2 Å². The van der Waals surface area contributed by atoms with Crippen LogP contribution in [-0.4, -0.2) is 39.6 Å². The van der Waals surface area contributed by atoms with Crippen molar-refractivity contribution in [2.75, 3.05) is 33.5 Å². The molecule has 1 N–H and O–H groups in total. The summed E-state index contributed by atoms with van der Waals surface area (Å²) in [5, 5.41) is 3.53. The molecule has 0 radical (unpaired) electrons. The summed E-state index contributed by atoms with van der Waals surface area (Å²) in [5.74, 6) is 0.902. The van der Waals surface area contributed by atoms with E-state index in [-0.39, 0.29) is 12.1 Å². The maximum Gasteiger partial charge on any atom is 0.124 e. The molecule has 0 saturated carbocycles. The van der Waals surface area contributed by atoms with Crippen molar-refractivity contribution in [3.8, 4) is 5.75 Å². The quantitative estimate of drug-likeness (QED) is 0.637. The van der Waals surface area contributed by atoms with Crippen molar-refractivity contribution in [2.45, 2.75) is 39.3 Å². The maximum absolute atomic E-state index is 5.90. The molecule has 2 unspecified atom stereocenters. The van der Waals surface area contributed by atoms with Crippen LogP contribution in [-0.2, 0) is 9.47 Å². The third-order valence-corrected chi connectivity index (χ3v) is 3.38. The Morgan fingerprint density at radius 2 is 1.86 bits per heavy atom. The van der Waals surface area contributed by atoms with E-state index in [0.717, 1.165) is 24.3 Å². The van der Waals surface area contributed by atoms with Gasteiger partial charge < -0.3 is 19.5 Å². The molecule has 0 aromatic heterocycles. The lowest BCUT2D eigenvalue weighted by atomic mass is 9.98. The van der Waals surface area contributed by atoms with Crippen LogP contribution in [0.15, 0.2) is 24.3 Å². The summed E-state index contributed by atoms with van der Waals surface area (Å²) in [6.07, 6.45) is 1.10. The number of nitrogens with one attached hydrogen (secondary N) is 1. The van der Waals surface area contributed by atoms with E-state index < -0.39 is 0 Å². The first-order chi connectivity index (χ1) is 10.3. The summed E-state index contributed by atoms with van der Waals surface area (Å²) in [6, 6.07) is 8.29. The third-order valence-electron chi connectivity index (χ3n) is 3.38. The Kier molecular flexibility index (Phi) is 9.06. The zero-order valence-corrected chi connectivity index (χ0v) is 13.7. The van der Waals surface area contributed by atoms with E-state index in [2.05, 4.69) is 25.2 Å². The minimum absolute atomic E-state index is 0.138. The summed E-state index contributed by atoms with van der Waals surface area (Å²) >= 11 is 0. The zero-order valence-electron chi connectivity index (χ0n) is 13.7. The second kappa shape index (κ2) is 10.6. The van der Waals surface area contributed by atoms with Gasteiger partial charge in [0.25, 0.3) is 0 Å². The first-order valence-corrected chi connectivity index (χ1v) is 7.84. The average molecular weight is 295 g/mol. The molecule has 0 bridgehead atoms. The van der Waals surface area contributed by atoms with Crippen molar-refractivity contribution in [1.29, 1.82) is 0 Å². The predicted molar refractivity (Wildman–Crippen MR) is 85.9 cm³/mol. The van der Waals surface area contributed by atoms with E-state index in [1.165, 1.54) is 0 Å². The number of likely N-dealkylation sites (N-methyl/N-ethyl adjacent to an activating group) is 1. The standard InChI is InChI=1S/C17H29NO3/c1-5-15(20-7-3)17(18-6-2)14-10-8-9-11-16(14)21-13-12-19-4/h8-11,15,17-18H,5-7,12-13H2,1-4H3. The highest BCUT2D eigenvalue weighted by Gasteiger charge is 2.24. The van der Waals surface area contributed by atoms with E-state index in [9.17, 15) is 0 Å². The molecular formula is C17H29NO3. The zero-order chi connectivity index (χ0) is 15.5. The molecule has 0 aliphatic carbocycles. The van der Waals surface area contributed by atoms with Crippen LogP contribution in [0.2, 0.25) is 0 Å². The molecular weight excluding hydrogens is 266 g/mol. The largest absolute Gasteiger partial charge is 0.491 e. The number of benzene rings is 1. The fourth-order valence-electron chi connectivity index (χ4n) is 2.43. The van der Waals surface area contributed by atoms with Crippen LogP contribution in [0.5, 0.6) is 5.75 Å². The van der Waals surface area contributed by atoms with Gasteiger partial charge in [0.15, 0.2) is 0 Å². The highest BCUT2D eigenvalue weighted by molar-refractivity contribution is 5.36. The molecule has 0 aliphatic heterocycles. The number of rotatable bonds is 11. The summed E-state index contributed by atoms with van der Waals surface area (Å²) in [4.78, 5) is 0. The highest BCUT2D eigenvalue weighted by Crippen LogP contribution is 2.29. The average Bonchev–Trinajstić information content (AvgIpc) is 2.52. The summed E-state index contributed by atoms with van der Waals surface area (Å²) in [5.41, 5.74) is 1.15. The van der Waals surface area contributed by atoms with Crippen LogP contribution in [0.3, 0.4) is 0 Å². The van der Waals surface area contributed by atoms with E-state index in [1.54, 1.807) is 7.11 Å². The Hall–Kier alpha value is -1.10. The van der Waals surface area contributed by atoms with Gasteiger partial charge in [-0.1, -0.05) is 32.0 Å². The lowest BCUT2D eigenvalue weighted by molar-refractivity contribution is 0.0308. The SMILES string of the molecule is CCNC(c1ccccc1OCCOC)C(CC)OCC. The molecule has 120 valence electrons. The van der Waals surface area contributed by atoms with Crippen LogP contribution in [0, 0.1) is 0 Å². The summed E-state index contributed by atoms with van der Waals surface area (Å²) in [6.45, 7) is 9.04. The first-order valence-electron chi connectivity index (χ1n) is 7.84. The van der Waals surface area contributed by atoms with E-state index >= 15 is 0 Å². The van der Waals surface area contributed by atoms with E-state index in [0.29, 0.717) is 19.8 Å². The van der Waals surface area contributed by atoms with Crippen LogP contribution in [0.25, 0.3) is 0 Å². The molecule has 1 aromatic rings. The Morgan fingerprint density at radius 3 is 2.48 bits per heavy atom. The number of ether oxygens (including phenoxy) is 3. The fraction of sp³-hybridized carbons (Fsp3) is 0.647. The molecule has 1 rings (SSSR count). The lowest BCUT2D eigenvalue weighted by Gasteiger charge is -2.28. The molecule has 0 aliphatic rings. The Balaban J connectivity index is 2.94. The molecule has 0 heterocycles. The summed E-state index contributed by atoms with van der Waals surface area (Å²) < 4.78 is 16.8. The molecule has 4 heteroatoms. The van der Waals surface area contributed by atoms with Gasteiger partial charge in [0.1, 0.15) is 12.4 Å². The van der Waals surface area contributed by atoms with Crippen LogP contribution in [0.4, 0.5) is 0 Å². The molecule has 0 saturated heterocycles. The lowest BCUT2D eigenvalue weighted by Crippen LogP contribution is -2.34. The number of para-hydroxylation sites is 1. The smallest absolute Gasteiger partial charge is 0.124 e. The number of hydrogen-bond acceptors (Lipinski definition) is 4. The Labute approximate surface area is 128 Å². The van der Waals surface area contributed by atoms with Crippen molar-refractivity contribution in [1.82, 2.24) is 5.32 Å². The van der Waals surface area contributed by atoms with E-state index in [4.69, 9.17) is 14.2 Å². The molecule has 2 atom stereocenters. The fourth-order valence-corrected chi connectivity index (χ4v) is 2.43. The number of methoxy groups -OCH3 is 1. The maximum atomic E-state index is 5.90. The monoisotopic (exact) mass is 295 g/mol. The van der Waals surface area contributed by atoms with Crippen molar-refractivity contribution >= 4 is 0 Å². The van der Waals surface area contributed by atoms with Gasteiger partial charge in [-0.05, 0) is 26.0 Å². The van der Waals surface area contributed by atoms with Gasteiger partial charge in [0, 0.05) is 19.3 Å². The van der Waals surface area contributed by atoms with Gasteiger partial charge in [-0.3, -0.25) is 0 Å². The van der Waals surface area contributed by atoms with Gasteiger partial charge in [-0.25, -0.2) is 0 Å². The van der Waals surface area contributed by atoms with E-state index in [1.807, 2.05) is 25.1 Å². The molecule has 0 amide bonds. The second-order valence-electron chi connectivity index (χ2n) is 4.82. The van der Waals surface area contributed by atoms with Gasteiger partial charge in [-0.15, -0.1) is 0 Å². The molecule has 0 spiro atoms. The second-order valence-corrected chi connectivity index (χ2v) is 4.82. The first kappa shape index (κ1) is 18.0. The summed E-state index contributed by atoms with van der Waals surface area (Å²) in [7, 11) is 1.68. The molecule has 21 heavy (non-hydrogen) atoms. The van der Waals surface area contributed by atoms with Crippen molar-refractivity contribution in [2.24, 2.45) is 0 Å². The molecule has 1 aromatic carbocycles. The normalized spacial score (nSPS) is 13.9. The topological polar surface area (TPSA) is 39.7 Å². The van der Waals surface area contributed by atoms with Gasteiger partial charge in [0.05, 0.1) is 18.8 Å². The van der Waals surface area contributed by atoms with Crippen molar-refractivity contribution in [3.05, 3.63) is 29.8 Å². The Bertz CT molecular complexity index is 384. The van der Waals surface area contributed by atoms with Gasteiger partial charge >= 0.3 is 0 Å². The van der Waals surface area contributed by atoms with Crippen LogP contribution in [0.1, 0.15) is 38.8 Å². The van der Waals surface area contributed by atoms with Gasteiger partial charge in [0.2, 0.25) is 0 Å². The van der Waals surface area contributed by atoms with Crippen LogP contribution >= 0.6 is 0 Å².